The molecule has 1 heterocycles. The van der Waals surface area contributed by atoms with Gasteiger partial charge in [0.2, 0.25) is 5.75 Å². The van der Waals surface area contributed by atoms with Gasteiger partial charge in [0.25, 0.3) is 0 Å². The van der Waals surface area contributed by atoms with Gasteiger partial charge in [-0.1, -0.05) is 18.2 Å². The van der Waals surface area contributed by atoms with Gasteiger partial charge in [0.05, 0.1) is 19.6 Å². The molecule has 6 nitrogen and oxygen atoms in total. The van der Waals surface area contributed by atoms with Crippen LogP contribution in [0.1, 0.15) is 12.5 Å². The highest BCUT2D eigenvalue weighted by molar-refractivity contribution is 5.86. The summed E-state index contributed by atoms with van der Waals surface area (Å²) >= 11 is 0. The maximum atomic E-state index is 12.6. The molecule has 0 aliphatic heterocycles. The Bertz CT molecular complexity index is 1290. The Balaban J connectivity index is 1.67. The van der Waals surface area contributed by atoms with Crippen LogP contribution in [0.15, 0.2) is 75.9 Å². The number of methoxy groups -OCH3 is 2. The smallest absolute Gasteiger partial charge is 0.204 e. The van der Waals surface area contributed by atoms with Gasteiger partial charge in [-0.25, -0.2) is 0 Å². The number of fused-ring (bicyclic) bond motifs is 1. The summed E-state index contributed by atoms with van der Waals surface area (Å²) in [5.74, 6) is 1.33. The van der Waals surface area contributed by atoms with Crippen LogP contribution in [-0.4, -0.2) is 25.9 Å². The predicted molar refractivity (Wildman–Crippen MR) is 126 cm³/mol. The molecule has 0 bridgehead atoms. The summed E-state index contributed by atoms with van der Waals surface area (Å²) in [6.07, 6.45) is 0. The predicted octanol–water partition coefficient (Wildman–Crippen LogP) is 5.21. The van der Waals surface area contributed by atoms with Crippen molar-refractivity contribution in [2.75, 3.05) is 25.7 Å². The number of para-hydroxylation sites is 1. The third kappa shape index (κ3) is 3.99. The van der Waals surface area contributed by atoms with Crippen molar-refractivity contribution in [2.45, 2.75) is 13.5 Å². The zero-order valence-electron chi connectivity index (χ0n) is 18.3. The largest absolute Gasteiger partial charge is 0.504 e. The van der Waals surface area contributed by atoms with E-state index >= 15 is 0 Å². The van der Waals surface area contributed by atoms with Crippen molar-refractivity contribution in [3.8, 4) is 28.6 Å². The molecule has 1 aromatic heterocycles. The van der Waals surface area contributed by atoms with Crippen LogP contribution in [0, 0.1) is 0 Å². The number of nitrogens with zero attached hydrogens (tertiary/aromatic N) is 1. The maximum Gasteiger partial charge on any atom is 0.204 e. The van der Waals surface area contributed by atoms with Crippen molar-refractivity contribution in [1.82, 2.24) is 0 Å². The normalized spacial score (nSPS) is 10.8. The minimum absolute atomic E-state index is 0.0782. The topological polar surface area (TPSA) is 72.1 Å². The monoisotopic (exact) mass is 431 g/mol. The first kappa shape index (κ1) is 21.3. The van der Waals surface area contributed by atoms with E-state index in [1.54, 1.807) is 7.11 Å². The molecular formula is C26H25NO5. The van der Waals surface area contributed by atoms with E-state index in [2.05, 4.69) is 17.9 Å². The Kier molecular flexibility index (Phi) is 6.03. The second-order valence-corrected chi connectivity index (χ2v) is 7.34. The Morgan fingerprint density at radius 2 is 1.72 bits per heavy atom. The number of ether oxygens (including phenoxy) is 2. The third-order valence-corrected chi connectivity index (χ3v) is 5.49. The van der Waals surface area contributed by atoms with Crippen molar-refractivity contribution in [1.29, 1.82) is 0 Å². The fourth-order valence-electron chi connectivity index (χ4n) is 3.78. The second kappa shape index (κ2) is 9.06. The van der Waals surface area contributed by atoms with Crippen molar-refractivity contribution < 1.29 is 19.0 Å². The first-order chi connectivity index (χ1) is 15.5. The van der Waals surface area contributed by atoms with Gasteiger partial charge in [-0.2, -0.15) is 0 Å². The fourth-order valence-corrected chi connectivity index (χ4v) is 3.78. The van der Waals surface area contributed by atoms with Gasteiger partial charge in [0.15, 0.2) is 16.8 Å². The number of phenolic OH excluding ortho intramolecular Hbond substituents is 1. The van der Waals surface area contributed by atoms with Gasteiger partial charge in [0, 0.05) is 36.0 Å². The fraction of sp³-hybridized carbons (Fsp3) is 0.192. The van der Waals surface area contributed by atoms with Gasteiger partial charge < -0.3 is 23.9 Å². The molecule has 0 fully saturated rings. The molecule has 0 aliphatic rings. The molecule has 164 valence electrons. The number of hydrogen-bond donors (Lipinski definition) is 1. The van der Waals surface area contributed by atoms with E-state index in [0.29, 0.717) is 17.7 Å². The summed E-state index contributed by atoms with van der Waals surface area (Å²) in [5.41, 5.74) is 2.93. The molecule has 1 N–H and O–H groups in total. The van der Waals surface area contributed by atoms with Gasteiger partial charge in [0.1, 0.15) is 11.5 Å². The molecule has 0 spiro atoms. The van der Waals surface area contributed by atoms with Crippen LogP contribution in [-0.2, 0) is 6.54 Å². The van der Waals surface area contributed by atoms with Crippen LogP contribution >= 0.6 is 0 Å². The molecule has 4 aromatic rings. The maximum absolute atomic E-state index is 12.6. The highest BCUT2D eigenvalue weighted by Gasteiger charge is 2.15. The number of hydrogen-bond acceptors (Lipinski definition) is 6. The molecule has 32 heavy (non-hydrogen) atoms. The van der Waals surface area contributed by atoms with Crippen LogP contribution in [0.2, 0.25) is 0 Å². The standard InChI is InChI=1S/C26H25NO5/c1-4-27(16-18-7-5-6-8-23(18)30-2)19-11-9-17(10-12-19)24-15-22(29)20-13-14-21(28)26(31-3)25(20)32-24/h5-15,28H,4,16H2,1-3H3. The molecule has 6 heteroatoms. The lowest BCUT2D eigenvalue weighted by Crippen LogP contribution is -2.22. The molecule has 0 atom stereocenters. The lowest BCUT2D eigenvalue weighted by molar-refractivity contribution is 0.371. The minimum Gasteiger partial charge on any atom is -0.504 e. The van der Waals surface area contributed by atoms with E-state index in [4.69, 9.17) is 13.9 Å². The minimum atomic E-state index is -0.199. The van der Waals surface area contributed by atoms with Crippen molar-refractivity contribution in [2.24, 2.45) is 0 Å². The summed E-state index contributed by atoms with van der Waals surface area (Å²) in [4.78, 5) is 14.9. The van der Waals surface area contributed by atoms with Crippen LogP contribution in [0.4, 0.5) is 5.69 Å². The first-order valence-electron chi connectivity index (χ1n) is 10.4. The third-order valence-electron chi connectivity index (χ3n) is 5.49. The van der Waals surface area contributed by atoms with E-state index < -0.39 is 0 Å². The molecular weight excluding hydrogens is 406 g/mol. The van der Waals surface area contributed by atoms with Gasteiger partial charge >= 0.3 is 0 Å². The second-order valence-electron chi connectivity index (χ2n) is 7.34. The van der Waals surface area contributed by atoms with Gasteiger partial charge in [-0.05, 0) is 49.4 Å². The summed E-state index contributed by atoms with van der Waals surface area (Å²) in [5, 5.41) is 10.4. The van der Waals surface area contributed by atoms with E-state index in [0.717, 1.165) is 29.1 Å². The van der Waals surface area contributed by atoms with Crippen LogP contribution in [0.25, 0.3) is 22.3 Å². The van der Waals surface area contributed by atoms with Crippen molar-refractivity contribution in [3.63, 3.8) is 0 Å². The summed E-state index contributed by atoms with van der Waals surface area (Å²) in [7, 11) is 3.10. The molecule has 3 aromatic carbocycles. The van der Waals surface area contributed by atoms with Gasteiger partial charge in [-0.3, -0.25) is 4.79 Å². The SMILES string of the molecule is CCN(Cc1ccccc1OC)c1ccc(-c2cc(=O)c3ccc(O)c(OC)c3o2)cc1. The molecule has 0 aliphatic carbocycles. The summed E-state index contributed by atoms with van der Waals surface area (Å²) < 4.78 is 16.7. The average molecular weight is 431 g/mol. The van der Waals surface area contributed by atoms with E-state index in [1.807, 2.05) is 42.5 Å². The number of benzene rings is 3. The quantitative estimate of drug-likeness (QED) is 0.433. The Labute approximate surface area is 186 Å². The summed E-state index contributed by atoms with van der Waals surface area (Å²) in [6.45, 7) is 3.63. The molecule has 0 saturated carbocycles. The Morgan fingerprint density at radius 1 is 0.969 bits per heavy atom. The van der Waals surface area contributed by atoms with Crippen LogP contribution < -0.4 is 19.8 Å². The first-order valence-corrected chi connectivity index (χ1v) is 10.4. The van der Waals surface area contributed by atoms with Crippen LogP contribution in [0.5, 0.6) is 17.2 Å². The van der Waals surface area contributed by atoms with Crippen molar-refractivity contribution in [3.05, 3.63) is 82.5 Å². The zero-order chi connectivity index (χ0) is 22.7. The van der Waals surface area contributed by atoms with Crippen LogP contribution in [0.3, 0.4) is 0 Å². The number of rotatable bonds is 7. The van der Waals surface area contributed by atoms with Gasteiger partial charge in [-0.15, -0.1) is 0 Å². The van der Waals surface area contributed by atoms with E-state index in [1.165, 1.54) is 25.3 Å². The highest BCUT2D eigenvalue weighted by Crippen LogP contribution is 2.35. The van der Waals surface area contributed by atoms with Crippen molar-refractivity contribution >= 4 is 16.7 Å². The van der Waals surface area contributed by atoms with E-state index in [9.17, 15) is 9.90 Å². The number of aromatic hydroxyl groups is 1. The number of phenols is 1. The Hall–Kier alpha value is -3.93. The molecule has 0 amide bonds. The highest BCUT2D eigenvalue weighted by atomic mass is 16.5. The number of anilines is 1. The summed E-state index contributed by atoms with van der Waals surface area (Å²) in [6, 6.07) is 20.2. The zero-order valence-corrected chi connectivity index (χ0v) is 18.3. The lowest BCUT2D eigenvalue weighted by Gasteiger charge is -2.24. The molecule has 0 radical (unpaired) electrons. The molecule has 4 rings (SSSR count). The lowest BCUT2D eigenvalue weighted by atomic mass is 10.1. The molecule has 0 saturated heterocycles. The van der Waals surface area contributed by atoms with E-state index in [-0.39, 0.29) is 22.5 Å². The molecule has 0 unspecified atom stereocenters. The Morgan fingerprint density at radius 3 is 2.41 bits per heavy atom. The average Bonchev–Trinajstić information content (AvgIpc) is 2.82.